The molecule has 0 bridgehead atoms. The SMILES string of the molecule is Cc1cc(C)c(C)c(-c2c3ccc4cc(C5CCC(C)(C)CC5)ccc4c3cc[n+]2C)c1. The third-order valence-electron chi connectivity index (χ3n) is 8.04. The molecule has 1 nitrogen and oxygen atoms in total. The zero-order valence-corrected chi connectivity index (χ0v) is 20.5. The number of aromatic nitrogens is 1. The zero-order valence-electron chi connectivity index (χ0n) is 20.5. The smallest absolute Gasteiger partial charge is 0.200 e. The first-order valence-electron chi connectivity index (χ1n) is 12.2. The average molecular weight is 423 g/mol. The second-order valence-electron chi connectivity index (χ2n) is 11.0. The Labute approximate surface area is 193 Å². The Kier molecular flexibility index (Phi) is 5.12. The summed E-state index contributed by atoms with van der Waals surface area (Å²) in [5, 5.41) is 5.43. The Bertz CT molecular complexity index is 1330. The normalized spacial score (nSPS) is 16.7. The van der Waals surface area contributed by atoms with Crippen LogP contribution in [0.5, 0.6) is 0 Å². The van der Waals surface area contributed by atoms with Crippen molar-refractivity contribution in [2.75, 3.05) is 0 Å². The molecular weight excluding hydrogens is 386 g/mol. The van der Waals surface area contributed by atoms with Gasteiger partial charge < -0.3 is 0 Å². The van der Waals surface area contributed by atoms with Crippen LogP contribution in [0.1, 0.15) is 67.7 Å². The summed E-state index contributed by atoms with van der Waals surface area (Å²) in [4.78, 5) is 0. The summed E-state index contributed by atoms with van der Waals surface area (Å²) >= 11 is 0. The Hall–Kier alpha value is -2.67. The molecule has 4 aromatic rings. The van der Waals surface area contributed by atoms with Crippen LogP contribution in [0.4, 0.5) is 0 Å². The summed E-state index contributed by atoms with van der Waals surface area (Å²) in [6, 6.07) is 18.9. The van der Waals surface area contributed by atoms with E-state index >= 15 is 0 Å². The highest BCUT2D eigenvalue weighted by Gasteiger charge is 2.28. The summed E-state index contributed by atoms with van der Waals surface area (Å²) in [7, 11) is 2.17. The van der Waals surface area contributed by atoms with Crippen molar-refractivity contribution in [2.45, 2.75) is 66.2 Å². The lowest BCUT2D eigenvalue weighted by atomic mass is 9.71. The summed E-state index contributed by atoms with van der Waals surface area (Å²) < 4.78 is 2.29. The van der Waals surface area contributed by atoms with E-state index in [1.165, 1.54) is 80.7 Å². The lowest BCUT2D eigenvalue weighted by Crippen LogP contribution is -2.30. The molecular formula is C31H36N+. The molecule has 3 aromatic carbocycles. The second-order valence-corrected chi connectivity index (χ2v) is 11.0. The van der Waals surface area contributed by atoms with Gasteiger partial charge in [-0.1, -0.05) is 49.7 Å². The number of fused-ring (bicyclic) bond motifs is 3. The first-order valence-corrected chi connectivity index (χ1v) is 12.2. The molecule has 0 saturated heterocycles. The number of aryl methyl sites for hydroxylation is 3. The number of hydrogen-bond acceptors (Lipinski definition) is 0. The van der Waals surface area contributed by atoms with Crippen LogP contribution < -0.4 is 4.57 Å². The van der Waals surface area contributed by atoms with Gasteiger partial charge in [-0.15, -0.1) is 0 Å². The molecule has 1 aromatic heterocycles. The van der Waals surface area contributed by atoms with Crippen molar-refractivity contribution >= 4 is 21.5 Å². The zero-order chi connectivity index (χ0) is 22.6. The molecule has 1 aliphatic carbocycles. The van der Waals surface area contributed by atoms with Crippen molar-refractivity contribution in [3.8, 4) is 11.3 Å². The fourth-order valence-electron chi connectivity index (χ4n) is 5.82. The summed E-state index contributed by atoms with van der Waals surface area (Å²) in [5.74, 6) is 0.713. The quantitative estimate of drug-likeness (QED) is 0.227. The number of hydrogen-bond donors (Lipinski definition) is 0. The topological polar surface area (TPSA) is 3.88 Å². The van der Waals surface area contributed by atoms with Crippen LogP contribution in [0.2, 0.25) is 0 Å². The van der Waals surface area contributed by atoms with Crippen molar-refractivity contribution in [1.29, 1.82) is 0 Å². The van der Waals surface area contributed by atoms with Gasteiger partial charge >= 0.3 is 0 Å². The third-order valence-corrected chi connectivity index (χ3v) is 8.04. The van der Waals surface area contributed by atoms with Gasteiger partial charge in [0.1, 0.15) is 7.05 Å². The van der Waals surface area contributed by atoms with E-state index in [1.54, 1.807) is 0 Å². The Morgan fingerprint density at radius 1 is 0.812 bits per heavy atom. The molecule has 1 heteroatoms. The van der Waals surface area contributed by atoms with Crippen LogP contribution in [0.25, 0.3) is 32.8 Å². The van der Waals surface area contributed by atoms with Gasteiger partial charge in [-0.2, -0.15) is 0 Å². The highest BCUT2D eigenvalue weighted by Crippen LogP contribution is 2.43. The third kappa shape index (κ3) is 3.62. The Morgan fingerprint density at radius 3 is 2.28 bits per heavy atom. The first-order chi connectivity index (χ1) is 15.2. The molecule has 1 aliphatic rings. The van der Waals surface area contributed by atoms with Crippen LogP contribution in [0.3, 0.4) is 0 Å². The Morgan fingerprint density at radius 2 is 1.53 bits per heavy atom. The minimum absolute atomic E-state index is 0.516. The van der Waals surface area contributed by atoms with Gasteiger partial charge in [0.25, 0.3) is 0 Å². The average Bonchev–Trinajstić information content (AvgIpc) is 2.76. The molecule has 164 valence electrons. The summed E-state index contributed by atoms with van der Waals surface area (Å²) in [6.45, 7) is 11.5. The van der Waals surface area contributed by atoms with E-state index in [0.717, 1.165) is 0 Å². The number of pyridine rings is 1. The first kappa shape index (κ1) is 21.2. The van der Waals surface area contributed by atoms with Crippen molar-refractivity contribution in [1.82, 2.24) is 0 Å². The van der Waals surface area contributed by atoms with E-state index in [2.05, 4.69) is 101 Å². The molecule has 1 saturated carbocycles. The molecule has 0 atom stereocenters. The Balaban J connectivity index is 1.65. The predicted molar refractivity (Wildman–Crippen MR) is 137 cm³/mol. The van der Waals surface area contributed by atoms with Gasteiger partial charge in [-0.25, -0.2) is 4.57 Å². The monoisotopic (exact) mass is 422 g/mol. The molecule has 1 fully saturated rings. The van der Waals surface area contributed by atoms with Crippen molar-refractivity contribution in [3.05, 3.63) is 77.0 Å². The molecule has 0 aliphatic heterocycles. The lowest BCUT2D eigenvalue weighted by molar-refractivity contribution is -0.659. The molecule has 1 heterocycles. The molecule has 0 spiro atoms. The molecule has 0 amide bonds. The minimum Gasteiger partial charge on any atom is -0.200 e. The van der Waals surface area contributed by atoms with Crippen molar-refractivity contribution < 1.29 is 4.57 Å². The van der Waals surface area contributed by atoms with Crippen LogP contribution in [0.15, 0.2) is 54.7 Å². The molecule has 0 radical (unpaired) electrons. The van der Waals surface area contributed by atoms with Crippen LogP contribution in [-0.2, 0) is 7.05 Å². The highest BCUT2D eigenvalue weighted by molar-refractivity contribution is 6.10. The van der Waals surface area contributed by atoms with Crippen molar-refractivity contribution in [2.24, 2.45) is 12.5 Å². The van der Waals surface area contributed by atoms with E-state index in [4.69, 9.17) is 0 Å². The van der Waals surface area contributed by atoms with Gasteiger partial charge in [0.05, 0.1) is 10.9 Å². The summed E-state index contributed by atoms with van der Waals surface area (Å²) in [6.07, 6.45) is 7.53. The second kappa shape index (κ2) is 7.73. The molecule has 5 rings (SSSR count). The van der Waals surface area contributed by atoms with Gasteiger partial charge in [0, 0.05) is 11.5 Å². The number of nitrogens with zero attached hydrogens (tertiary/aromatic N) is 1. The molecule has 0 N–H and O–H groups in total. The van der Waals surface area contributed by atoms with E-state index in [9.17, 15) is 0 Å². The highest BCUT2D eigenvalue weighted by atomic mass is 14.9. The van der Waals surface area contributed by atoms with Crippen molar-refractivity contribution in [3.63, 3.8) is 0 Å². The van der Waals surface area contributed by atoms with E-state index in [0.29, 0.717) is 11.3 Å². The fraction of sp³-hybridized carbons (Fsp3) is 0.387. The predicted octanol–water partition coefficient (Wildman–Crippen LogP) is 8.09. The van der Waals surface area contributed by atoms with Crippen LogP contribution in [0, 0.1) is 26.2 Å². The minimum atomic E-state index is 0.516. The van der Waals surface area contributed by atoms with Crippen LogP contribution in [-0.4, -0.2) is 0 Å². The lowest BCUT2D eigenvalue weighted by Gasteiger charge is -2.34. The molecule has 0 unspecified atom stereocenters. The maximum Gasteiger partial charge on any atom is 0.220 e. The van der Waals surface area contributed by atoms with Gasteiger partial charge in [-0.3, -0.25) is 0 Å². The van der Waals surface area contributed by atoms with Gasteiger partial charge in [-0.05, 0) is 97.4 Å². The standard InChI is InChI=1S/C31H36N/c1-20-17-21(2)22(3)29(18-20)30-28-10-8-25-19-24(23-11-14-31(4,5)15-12-23)7-9-26(25)27(28)13-16-32(30)6/h7-10,13,16-19,23H,11-12,14-15H2,1-6H3/q+1. The van der Waals surface area contributed by atoms with E-state index in [-0.39, 0.29) is 0 Å². The van der Waals surface area contributed by atoms with Gasteiger partial charge in [0.2, 0.25) is 5.69 Å². The van der Waals surface area contributed by atoms with E-state index < -0.39 is 0 Å². The number of rotatable bonds is 2. The van der Waals surface area contributed by atoms with E-state index in [1.807, 2.05) is 0 Å². The maximum atomic E-state index is 2.46. The van der Waals surface area contributed by atoms with Crippen LogP contribution >= 0.6 is 0 Å². The molecule has 32 heavy (non-hydrogen) atoms. The summed E-state index contributed by atoms with van der Waals surface area (Å²) in [5.41, 5.74) is 8.75. The van der Waals surface area contributed by atoms with Gasteiger partial charge in [0.15, 0.2) is 6.20 Å². The fourth-order valence-corrected chi connectivity index (χ4v) is 5.82. The maximum absolute atomic E-state index is 2.46. The largest absolute Gasteiger partial charge is 0.220 e. The number of benzene rings is 3.